The van der Waals surface area contributed by atoms with Crippen LogP contribution in [0.3, 0.4) is 0 Å². The Kier molecular flexibility index (Phi) is 4.07. The van der Waals surface area contributed by atoms with Crippen LogP contribution >= 0.6 is 0 Å². The number of rotatable bonds is 3. The number of aromatic amines is 1. The Labute approximate surface area is 162 Å². The molecule has 1 amide bonds. The summed E-state index contributed by atoms with van der Waals surface area (Å²) >= 11 is 0. The standard InChI is InChI=1S/C20H24N6O2/c1-11-3-6-14(28-20(27)25-13-4-5-13)10-26(11)19-17-15-7-8-21-18(15)22-9-16(17)23-12(2)24-19/h7-9,11,13-14H,3-6,10H2,1-2H3,(H,21,22)(H,25,27). The van der Waals surface area contributed by atoms with Gasteiger partial charge in [0.25, 0.3) is 0 Å². The number of nitrogens with one attached hydrogen (secondary N) is 2. The molecule has 2 aliphatic rings. The fourth-order valence-corrected chi connectivity index (χ4v) is 3.98. The van der Waals surface area contributed by atoms with E-state index in [1.54, 1.807) is 6.20 Å². The summed E-state index contributed by atoms with van der Waals surface area (Å²) in [6.45, 7) is 4.72. The number of anilines is 1. The van der Waals surface area contributed by atoms with E-state index < -0.39 is 0 Å². The average molecular weight is 380 g/mol. The van der Waals surface area contributed by atoms with Crippen molar-refractivity contribution in [2.24, 2.45) is 0 Å². The molecule has 1 aliphatic heterocycles. The van der Waals surface area contributed by atoms with Crippen LogP contribution < -0.4 is 10.2 Å². The van der Waals surface area contributed by atoms with Crippen molar-refractivity contribution < 1.29 is 9.53 Å². The number of nitrogens with zero attached hydrogens (tertiary/aromatic N) is 4. The van der Waals surface area contributed by atoms with E-state index in [1.807, 2.05) is 19.2 Å². The lowest BCUT2D eigenvalue weighted by molar-refractivity contribution is 0.0834. The molecular formula is C20H24N6O2. The lowest BCUT2D eigenvalue weighted by atomic mass is 10.0. The maximum Gasteiger partial charge on any atom is 0.407 e. The number of carbonyl (C=O) groups excluding carboxylic acids is 1. The van der Waals surface area contributed by atoms with Crippen LogP contribution in [-0.4, -0.2) is 50.8 Å². The topological polar surface area (TPSA) is 96.0 Å². The molecule has 146 valence electrons. The third-order valence-electron chi connectivity index (χ3n) is 5.62. The summed E-state index contributed by atoms with van der Waals surface area (Å²) in [5.74, 6) is 1.60. The van der Waals surface area contributed by atoms with Crippen LogP contribution in [0.1, 0.15) is 38.4 Å². The Morgan fingerprint density at radius 3 is 2.96 bits per heavy atom. The molecule has 0 radical (unpaired) electrons. The van der Waals surface area contributed by atoms with Crippen LogP contribution in [0.2, 0.25) is 0 Å². The van der Waals surface area contributed by atoms with Crippen molar-refractivity contribution in [1.29, 1.82) is 0 Å². The Balaban J connectivity index is 1.50. The highest BCUT2D eigenvalue weighted by atomic mass is 16.6. The van der Waals surface area contributed by atoms with Crippen LogP contribution in [0.5, 0.6) is 0 Å². The average Bonchev–Trinajstić information content (AvgIpc) is 3.34. The third-order valence-corrected chi connectivity index (χ3v) is 5.62. The number of pyridine rings is 1. The largest absolute Gasteiger partial charge is 0.444 e. The first-order valence-electron chi connectivity index (χ1n) is 9.92. The van der Waals surface area contributed by atoms with Crippen molar-refractivity contribution in [1.82, 2.24) is 25.3 Å². The number of fused-ring (bicyclic) bond motifs is 3. The third kappa shape index (κ3) is 3.12. The zero-order valence-electron chi connectivity index (χ0n) is 16.1. The van der Waals surface area contributed by atoms with E-state index in [1.165, 1.54) is 0 Å². The molecule has 2 unspecified atom stereocenters. The van der Waals surface area contributed by atoms with Gasteiger partial charge in [0.2, 0.25) is 0 Å². The highest BCUT2D eigenvalue weighted by Gasteiger charge is 2.32. The number of hydrogen-bond donors (Lipinski definition) is 2. The van der Waals surface area contributed by atoms with Crippen molar-refractivity contribution in [2.45, 2.75) is 57.7 Å². The molecule has 2 fully saturated rings. The summed E-state index contributed by atoms with van der Waals surface area (Å²) in [7, 11) is 0. The molecule has 28 heavy (non-hydrogen) atoms. The van der Waals surface area contributed by atoms with E-state index in [0.717, 1.165) is 53.4 Å². The van der Waals surface area contributed by atoms with Gasteiger partial charge in [-0.05, 0) is 45.6 Å². The Hall–Kier alpha value is -2.90. The molecule has 0 spiro atoms. The Morgan fingerprint density at radius 2 is 2.14 bits per heavy atom. The molecule has 3 aromatic heterocycles. The Bertz CT molecular complexity index is 1040. The minimum Gasteiger partial charge on any atom is -0.444 e. The van der Waals surface area contributed by atoms with E-state index in [-0.39, 0.29) is 12.2 Å². The first-order chi connectivity index (χ1) is 13.6. The monoisotopic (exact) mass is 380 g/mol. The van der Waals surface area contributed by atoms with E-state index in [0.29, 0.717) is 24.5 Å². The van der Waals surface area contributed by atoms with Gasteiger partial charge in [0.05, 0.1) is 23.6 Å². The van der Waals surface area contributed by atoms with Crippen molar-refractivity contribution in [2.75, 3.05) is 11.4 Å². The van der Waals surface area contributed by atoms with Crippen molar-refractivity contribution in [3.63, 3.8) is 0 Å². The molecule has 2 N–H and O–H groups in total. The van der Waals surface area contributed by atoms with Crippen LogP contribution in [0.4, 0.5) is 10.6 Å². The van der Waals surface area contributed by atoms with Gasteiger partial charge in [0.15, 0.2) is 0 Å². The normalized spacial score (nSPS) is 22.6. The number of piperidine rings is 1. The van der Waals surface area contributed by atoms with Gasteiger partial charge in [0.1, 0.15) is 23.4 Å². The van der Waals surface area contributed by atoms with Gasteiger partial charge in [-0.1, -0.05) is 0 Å². The van der Waals surface area contributed by atoms with E-state index in [2.05, 4.69) is 32.1 Å². The van der Waals surface area contributed by atoms with Crippen LogP contribution in [0.15, 0.2) is 18.5 Å². The van der Waals surface area contributed by atoms with Crippen LogP contribution in [0.25, 0.3) is 21.9 Å². The summed E-state index contributed by atoms with van der Waals surface area (Å²) in [4.78, 5) is 31.4. The second kappa shape index (κ2) is 6.61. The number of carbonyl (C=O) groups is 1. The fourth-order valence-electron chi connectivity index (χ4n) is 3.98. The summed E-state index contributed by atoms with van der Waals surface area (Å²) in [5.41, 5.74) is 1.65. The molecule has 1 saturated heterocycles. The van der Waals surface area contributed by atoms with Crippen molar-refractivity contribution >= 4 is 33.8 Å². The number of amides is 1. The zero-order chi connectivity index (χ0) is 19.3. The molecule has 5 rings (SSSR count). The predicted octanol–water partition coefficient (Wildman–Crippen LogP) is 3.06. The fraction of sp³-hybridized carbons (Fsp3) is 0.500. The molecule has 1 saturated carbocycles. The highest BCUT2D eigenvalue weighted by Crippen LogP contribution is 2.34. The van der Waals surface area contributed by atoms with Gasteiger partial charge in [-0.25, -0.2) is 19.7 Å². The molecule has 2 atom stereocenters. The van der Waals surface area contributed by atoms with Gasteiger partial charge in [0, 0.05) is 23.7 Å². The number of H-pyrrole nitrogens is 1. The lowest BCUT2D eigenvalue weighted by Crippen LogP contribution is -2.47. The minimum atomic E-state index is -0.303. The number of aromatic nitrogens is 4. The molecule has 0 aromatic carbocycles. The molecular weight excluding hydrogens is 356 g/mol. The maximum atomic E-state index is 12.1. The van der Waals surface area contributed by atoms with Crippen molar-refractivity contribution in [3.05, 3.63) is 24.3 Å². The van der Waals surface area contributed by atoms with Crippen molar-refractivity contribution in [3.8, 4) is 0 Å². The van der Waals surface area contributed by atoms with E-state index in [4.69, 9.17) is 9.72 Å². The molecule has 8 nitrogen and oxygen atoms in total. The first-order valence-corrected chi connectivity index (χ1v) is 9.92. The SMILES string of the molecule is Cc1nc(N2CC(OC(=O)NC3CC3)CCC2C)c2c(cnc3[nH]ccc32)n1. The van der Waals surface area contributed by atoms with Gasteiger partial charge >= 0.3 is 6.09 Å². The summed E-state index contributed by atoms with van der Waals surface area (Å²) in [5, 5.41) is 4.91. The number of alkyl carbamates (subject to hydrolysis) is 1. The van der Waals surface area contributed by atoms with Gasteiger partial charge in [-0.3, -0.25) is 0 Å². The van der Waals surface area contributed by atoms with Crippen LogP contribution in [-0.2, 0) is 4.74 Å². The second-order valence-corrected chi connectivity index (χ2v) is 7.88. The van der Waals surface area contributed by atoms with E-state index in [9.17, 15) is 4.79 Å². The number of ether oxygens (including phenoxy) is 1. The molecule has 8 heteroatoms. The van der Waals surface area contributed by atoms with Gasteiger partial charge < -0.3 is 19.9 Å². The predicted molar refractivity (Wildman–Crippen MR) is 106 cm³/mol. The van der Waals surface area contributed by atoms with Gasteiger partial charge in [-0.15, -0.1) is 0 Å². The maximum absolute atomic E-state index is 12.1. The molecule has 4 heterocycles. The number of hydrogen-bond acceptors (Lipinski definition) is 6. The molecule has 1 aliphatic carbocycles. The van der Waals surface area contributed by atoms with Gasteiger partial charge in [-0.2, -0.15) is 0 Å². The molecule has 3 aromatic rings. The minimum absolute atomic E-state index is 0.149. The summed E-state index contributed by atoms with van der Waals surface area (Å²) in [6.07, 6.45) is 7.12. The lowest BCUT2D eigenvalue weighted by Gasteiger charge is -2.38. The second-order valence-electron chi connectivity index (χ2n) is 7.88. The molecule has 0 bridgehead atoms. The number of aryl methyl sites for hydroxylation is 1. The Morgan fingerprint density at radius 1 is 1.29 bits per heavy atom. The highest BCUT2D eigenvalue weighted by molar-refractivity contribution is 6.09. The van der Waals surface area contributed by atoms with E-state index >= 15 is 0 Å². The first kappa shape index (κ1) is 17.2. The zero-order valence-corrected chi connectivity index (χ0v) is 16.1. The van der Waals surface area contributed by atoms with Crippen LogP contribution in [0, 0.1) is 6.92 Å². The summed E-state index contributed by atoms with van der Waals surface area (Å²) < 4.78 is 5.70. The smallest absolute Gasteiger partial charge is 0.407 e. The summed E-state index contributed by atoms with van der Waals surface area (Å²) in [6, 6.07) is 2.61. The quantitative estimate of drug-likeness (QED) is 0.725.